The zero-order valence-electron chi connectivity index (χ0n) is 8.51. The summed E-state index contributed by atoms with van der Waals surface area (Å²) in [6.45, 7) is 2.70. The number of carboxylic acids is 1. The number of aliphatic carboxylic acids is 1. The molecule has 0 heterocycles. The van der Waals surface area contributed by atoms with Gasteiger partial charge in [-0.2, -0.15) is 0 Å². The fourth-order valence-electron chi connectivity index (χ4n) is 0.373. The van der Waals surface area contributed by atoms with Gasteiger partial charge in [0.1, 0.15) is 6.02 Å². The van der Waals surface area contributed by atoms with Crippen molar-refractivity contribution in [3.05, 3.63) is 0 Å². The fourth-order valence-corrected chi connectivity index (χ4v) is 0.373. The Bertz CT molecular complexity index is 188. The Hall–Kier alpha value is -0.570. The zero-order chi connectivity index (χ0) is 10.2. The first-order valence-electron chi connectivity index (χ1n) is 4.12. The first-order valence-corrected chi connectivity index (χ1v) is 2.54. The molecule has 3 nitrogen and oxygen atoms in total. The fraction of sp³-hybridized carbons (Fsp3) is 0.833. The predicted molar refractivity (Wildman–Crippen MR) is 35.1 cm³/mol. The molecule has 0 aromatic rings. The largest absolute Gasteiger partial charge is 0.480 e. The second-order valence-corrected chi connectivity index (χ2v) is 1.98. The molecular weight excluding hydrogens is 121 g/mol. The minimum atomic E-state index is -2.41. The molecule has 9 heavy (non-hydrogen) atoms. The molecule has 0 aromatic heterocycles. The van der Waals surface area contributed by atoms with Crippen LogP contribution in [-0.4, -0.2) is 17.1 Å². The maximum Gasteiger partial charge on any atom is 0.320 e. The summed E-state index contributed by atoms with van der Waals surface area (Å²) < 4.78 is 21.7. The summed E-state index contributed by atoms with van der Waals surface area (Å²) >= 11 is 0. The first-order chi connectivity index (χ1) is 5.10. The van der Waals surface area contributed by atoms with Gasteiger partial charge in [0.05, 0.1) is 1.37 Å². The van der Waals surface area contributed by atoms with E-state index in [0.29, 0.717) is 0 Å². The smallest absolute Gasteiger partial charge is 0.320 e. The molecule has 0 fully saturated rings. The SMILES string of the molecule is [2H][13C@@H](C([2H])(C)[13CH3])[C@]([2H])([15NH2])C(=O)O. The summed E-state index contributed by atoms with van der Waals surface area (Å²) in [6, 6.07) is -2.41. The van der Waals surface area contributed by atoms with Crippen molar-refractivity contribution in [2.24, 2.45) is 11.6 Å². The number of nitrogens with two attached hydrogens (primary N) is 1. The van der Waals surface area contributed by atoms with Crippen LogP contribution in [0.3, 0.4) is 0 Å². The minimum absolute atomic E-state index is 1.35. The second-order valence-electron chi connectivity index (χ2n) is 1.98. The van der Waals surface area contributed by atoms with E-state index in [9.17, 15) is 4.79 Å². The van der Waals surface area contributed by atoms with E-state index < -0.39 is 24.3 Å². The van der Waals surface area contributed by atoms with Gasteiger partial charge < -0.3 is 10.8 Å². The van der Waals surface area contributed by atoms with Crippen molar-refractivity contribution in [3.8, 4) is 0 Å². The summed E-state index contributed by atoms with van der Waals surface area (Å²) in [6.07, 6.45) is -1.48. The lowest BCUT2D eigenvalue weighted by molar-refractivity contribution is -0.138. The Labute approximate surface area is 59.1 Å². The van der Waals surface area contributed by atoms with Gasteiger partial charge in [-0.3, -0.25) is 4.79 Å². The molecule has 0 aliphatic heterocycles. The van der Waals surface area contributed by atoms with E-state index in [-0.39, 0.29) is 0 Å². The van der Waals surface area contributed by atoms with Crippen LogP contribution in [0.2, 0.25) is 0 Å². The molecule has 0 amide bonds. The van der Waals surface area contributed by atoms with Gasteiger partial charge in [-0.25, -0.2) is 0 Å². The molecule has 0 spiro atoms. The third-order valence-electron chi connectivity index (χ3n) is 0.691. The van der Waals surface area contributed by atoms with Gasteiger partial charge in [-0.15, -0.1) is 0 Å². The number of carbonyl (C=O) groups is 1. The van der Waals surface area contributed by atoms with E-state index in [2.05, 4.69) is 0 Å². The van der Waals surface area contributed by atoms with Crippen LogP contribution in [0, 0.1) is 5.89 Å². The van der Waals surface area contributed by atoms with Crippen LogP contribution in [0.25, 0.3) is 0 Å². The van der Waals surface area contributed by atoms with Crippen LogP contribution in [0.1, 0.15) is 24.4 Å². The summed E-state index contributed by atoms with van der Waals surface area (Å²) in [7, 11) is 0. The Kier molecular flexibility index (Phi) is 1.64. The highest BCUT2D eigenvalue weighted by Gasteiger charge is 2.11. The molecule has 0 saturated heterocycles. The first kappa shape index (κ1) is 4.28. The Morgan fingerprint density at radius 1 is 2.00 bits per heavy atom. The number of carboxylic acid groups (broad SMARTS) is 1. The summed E-state index contributed by atoms with van der Waals surface area (Å²) in [5, 5.41) is 8.46. The van der Waals surface area contributed by atoms with Crippen molar-refractivity contribution in [2.45, 2.75) is 26.3 Å². The molecule has 3 heteroatoms. The Morgan fingerprint density at radius 2 is 2.44 bits per heavy atom. The molecule has 3 N–H and O–H groups in total. The standard InChI is InChI=1S/C6H13NO2/c1-4(2)3-5(7)6(8)9/h4-5H,3,7H2,1-2H3,(H,8,9)/t5-/m0/s1/i1+1,3+1D,4D,5D,7+1/t3-,4?,5-. The highest BCUT2D eigenvalue weighted by Crippen LogP contribution is 2.01. The van der Waals surface area contributed by atoms with Crippen molar-refractivity contribution in [1.29, 1.82) is 0 Å². The molecule has 0 aliphatic rings. The van der Waals surface area contributed by atoms with E-state index in [1.807, 2.05) is 0 Å². The van der Waals surface area contributed by atoms with Crippen LogP contribution in [0.4, 0.5) is 0 Å². The molecule has 0 rings (SSSR count). The monoisotopic (exact) mass is 137 g/mol. The van der Waals surface area contributed by atoms with Gasteiger partial charge in [0.15, 0.2) is 0 Å². The lowest BCUT2D eigenvalue weighted by atomic mass is 10.3. The van der Waals surface area contributed by atoms with Crippen molar-refractivity contribution < 1.29 is 14.0 Å². The topological polar surface area (TPSA) is 63.3 Å². The summed E-state index contributed by atoms with van der Waals surface area (Å²) in [5.74, 6) is -2.93. The normalized spacial score (nSPS) is 32.1. The quantitative estimate of drug-likeness (QED) is 0.438. The molecule has 1 unspecified atom stereocenters. The van der Waals surface area contributed by atoms with Crippen LogP contribution in [-0.2, 0) is 4.79 Å². The lowest BCUT2D eigenvalue weighted by Gasteiger charge is -2.07. The summed E-state index contributed by atoms with van der Waals surface area (Å²) in [5.41, 5.74) is 5.05. The molecular formula is C6H13NO2. The zero-order valence-corrected chi connectivity index (χ0v) is 5.51. The van der Waals surface area contributed by atoms with Crippen molar-refractivity contribution in [2.75, 3.05) is 0 Å². The van der Waals surface area contributed by atoms with Crippen LogP contribution in [0.5, 0.6) is 0 Å². The lowest BCUT2D eigenvalue weighted by Crippen LogP contribution is -2.31. The summed E-state index contributed by atoms with van der Waals surface area (Å²) in [4.78, 5) is 10.4. The van der Waals surface area contributed by atoms with E-state index in [0.717, 1.165) is 0 Å². The number of rotatable bonds is 3. The molecule has 0 saturated carbocycles. The minimum Gasteiger partial charge on any atom is -0.480 e. The van der Waals surface area contributed by atoms with Crippen molar-refractivity contribution >= 4 is 5.97 Å². The molecule has 0 aromatic carbocycles. The Balaban J connectivity index is 4.69. The van der Waals surface area contributed by atoms with Crippen LogP contribution < -0.4 is 5.73 Å². The molecule has 0 bridgehead atoms. The van der Waals surface area contributed by atoms with Crippen LogP contribution >= 0.6 is 0 Å². The third kappa shape index (κ3) is 3.97. The highest BCUT2D eigenvalue weighted by molar-refractivity contribution is 5.72. The average molecular weight is 137 g/mol. The van der Waals surface area contributed by atoms with Crippen LogP contribution in [0.15, 0.2) is 0 Å². The van der Waals surface area contributed by atoms with Gasteiger partial charge in [-0.1, -0.05) is 13.8 Å². The van der Waals surface area contributed by atoms with Gasteiger partial charge >= 0.3 is 5.97 Å². The van der Waals surface area contributed by atoms with Crippen molar-refractivity contribution in [1.82, 2.24) is 0 Å². The molecule has 0 radical (unpaired) electrons. The maximum absolute atomic E-state index is 10.4. The molecule has 54 valence electrons. The molecule has 3 atom stereocenters. The van der Waals surface area contributed by atoms with E-state index in [1.165, 1.54) is 13.8 Å². The van der Waals surface area contributed by atoms with Gasteiger partial charge in [-0.05, 0) is 12.3 Å². The van der Waals surface area contributed by atoms with E-state index in [1.54, 1.807) is 0 Å². The maximum atomic E-state index is 10.4. The van der Waals surface area contributed by atoms with E-state index >= 15 is 0 Å². The highest BCUT2D eigenvalue weighted by atomic mass is 16.4. The average Bonchev–Trinajstić information content (AvgIpc) is 1.83. The number of hydrogen-bond donors (Lipinski definition) is 2. The van der Waals surface area contributed by atoms with Gasteiger partial charge in [0.25, 0.3) is 0 Å². The predicted octanol–water partition coefficient (Wildman–Crippen LogP) is 0.444. The third-order valence-corrected chi connectivity index (χ3v) is 0.691. The second kappa shape index (κ2) is 3.45. The molecule has 0 aliphatic carbocycles. The van der Waals surface area contributed by atoms with E-state index in [4.69, 9.17) is 15.0 Å². The van der Waals surface area contributed by atoms with Crippen molar-refractivity contribution in [3.63, 3.8) is 0 Å². The van der Waals surface area contributed by atoms with Gasteiger partial charge in [0.2, 0.25) is 0 Å². The van der Waals surface area contributed by atoms with Gasteiger partial charge in [0, 0.05) is 2.74 Å². The number of hydrogen-bond acceptors (Lipinski definition) is 2. The Morgan fingerprint density at radius 3 is 2.56 bits per heavy atom.